The first-order chi connectivity index (χ1) is 21.9. The number of hydrogen-bond acceptors (Lipinski definition) is 13. The number of aromatic nitrogens is 4. The van der Waals surface area contributed by atoms with E-state index in [4.69, 9.17) is 14.7 Å². The second-order valence-corrected chi connectivity index (χ2v) is 11.9. The zero-order chi connectivity index (χ0) is 33.6. The number of para-hydroxylation sites is 1. The van der Waals surface area contributed by atoms with Crippen LogP contribution in [0.5, 0.6) is 5.75 Å². The van der Waals surface area contributed by atoms with Gasteiger partial charge in [-0.05, 0) is 44.8 Å². The summed E-state index contributed by atoms with van der Waals surface area (Å²) in [5.41, 5.74) is 8.76. The van der Waals surface area contributed by atoms with Gasteiger partial charge in [-0.3, -0.25) is 8.98 Å². The number of fused-ring (bicyclic) bond motifs is 1. The van der Waals surface area contributed by atoms with Crippen molar-refractivity contribution >= 4 is 33.1 Å². The van der Waals surface area contributed by atoms with Crippen LogP contribution in [0.2, 0.25) is 0 Å². The Bertz CT molecular complexity index is 1740. The average Bonchev–Trinajstić information content (AvgIpc) is 3.58. The first-order valence-electron chi connectivity index (χ1n) is 14.7. The lowest BCUT2D eigenvalue weighted by Crippen LogP contribution is -2.37. The monoisotopic (exact) mass is 657 g/mol. The van der Waals surface area contributed by atoms with E-state index in [1.54, 1.807) is 10.8 Å². The minimum Gasteiger partial charge on any atom is -0.507 e. The zero-order valence-corrected chi connectivity index (χ0v) is 26.8. The van der Waals surface area contributed by atoms with Gasteiger partial charge in [0.1, 0.15) is 24.1 Å². The van der Waals surface area contributed by atoms with Gasteiger partial charge in [-0.2, -0.15) is 8.42 Å². The van der Waals surface area contributed by atoms with Crippen molar-refractivity contribution in [1.29, 1.82) is 0 Å². The van der Waals surface area contributed by atoms with E-state index in [2.05, 4.69) is 41.0 Å². The third-order valence-corrected chi connectivity index (χ3v) is 8.39. The highest BCUT2D eigenvalue weighted by molar-refractivity contribution is 7.85. The number of nitrogen functional groups attached to an aromatic ring is 1. The molecule has 2 aromatic heterocycles. The van der Waals surface area contributed by atoms with Crippen molar-refractivity contribution in [2.24, 2.45) is 0 Å². The molecule has 46 heavy (non-hydrogen) atoms. The van der Waals surface area contributed by atoms with Crippen LogP contribution in [0.15, 0.2) is 54.6 Å². The molecule has 1 aliphatic heterocycles. The quantitative estimate of drug-likeness (QED) is 0.165. The summed E-state index contributed by atoms with van der Waals surface area (Å²) >= 11 is 0. The molecular weight excluding hydrogens is 618 g/mol. The molecule has 1 saturated heterocycles. The number of rotatable bonds is 10. The summed E-state index contributed by atoms with van der Waals surface area (Å²) in [6.45, 7) is 11.3. The standard InChI is InChI=1S/C24H24N6O8S.C6H15N/c1-12-6-8-13(9-7-12)15-10-16-19(22(25)26-15)27-29-30(16)24-21(33)20(32)18(38-24)11-37-39(35,36)28-23(34)14-4-2-3-5-17(14)31;1-4-7(5-2)6-3/h2-10,18,20-21,24,31-33H,11H2,1H3,(H2,25,26)(H,28,34);4-6H2,1-3H3/t18-,20-,21-,24-;/m1./s1. The van der Waals surface area contributed by atoms with E-state index in [-0.39, 0.29) is 16.9 Å². The lowest BCUT2D eigenvalue weighted by Gasteiger charge is -2.16. The zero-order valence-electron chi connectivity index (χ0n) is 25.9. The first-order valence-corrected chi connectivity index (χ1v) is 16.1. The van der Waals surface area contributed by atoms with Gasteiger partial charge in [0, 0.05) is 5.56 Å². The van der Waals surface area contributed by atoms with Crippen LogP contribution in [0, 0.1) is 6.92 Å². The number of carbonyl (C=O) groups excluding carboxylic acids is 1. The largest absolute Gasteiger partial charge is 0.507 e. The molecule has 15 nitrogen and oxygen atoms in total. The number of pyridine rings is 1. The summed E-state index contributed by atoms with van der Waals surface area (Å²) in [5, 5.41) is 39.0. The summed E-state index contributed by atoms with van der Waals surface area (Å²) in [6, 6.07) is 14.6. The Labute approximate surface area is 266 Å². The van der Waals surface area contributed by atoms with Gasteiger partial charge in [-0.25, -0.2) is 14.4 Å². The number of ether oxygens (including phenoxy) is 1. The van der Waals surface area contributed by atoms with Crippen LogP contribution in [0.1, 0.15) is 42.9 Å². The van der Waals surface area contributed by atoms with E-state index in [0.29, 0.717) is 11.2 Å². The van der Waals surface area contributed by atoms with Crippen molar-refractivity contribution in [3.63, 3.8) is 0 Å². The summed E-state index contributed by atoms with van der Waals surface area (Å²) < 4.78 is 38.0. The summed E-state index contributed by atoms with van der Waals surface area (Å²) in [6.07, 6.45) is -5.71. The predicted molar refractivity (Wildman–Crippen MR) is 170 cm³/mol. The number of aromatic hydroxyl groups is 1. The molecule has 1 amide bonds. The molecule has 0 unspecified atom stereocenters. The van der Waals surface area contributed by atoms with Gasteiger partial charge in [0.2, 0.25) is 0 Å². The predicted octanol–water partition coefficient (Wildman–Crippen LogP) is 1.75. The van der Waals surface area contributed by atoms with Crippen LogP contribution in [-0.4, -0.2) is 99.1 Å². The number of hydrogen-bond donors (Lipinski definition) is 5. The maximum Gasteiger partial charge on any atom is 0.362 e. The molecule has 0 radical (unpaired) electrons. The minimum atomic E-state index is -4.67. The Balaban J connectivity index is 0.000000617. The normalized spacial score (nSPS) is 19.6. The number of nitrogens with zero attached hydrogens (tertiary/aromatic N) is 5. The third kappa shape index (κ3) is 7.96. The van der Waals surface area contributed by atoms with Crippen LogP contribution in [-0.2, 0) is 19.2 Å². The topological polar surface area (TPSA) is 215 Å². The molecule has 6 N–H and O–H groups in total. The molecule has 3 heterocycles. The number of amides is 1. The molecule has 5 rings (SSSR count). The number of aliphatic hydroxyl groups is 2. The fourth-order valence-electron chi connectivity index (χ4n) is 4.78. The molecule has 0 spiro atoms. The summed E-state index contributed by atoms with van der Waals surface area (Å²) in [7, 11) is -4.67. The van der Waals surface area contributed by atoms with Crippen LogP contribution in [0.3, 0.4) is 0 Å². The lowest BCUT2D eigenvalue weighted by atomic mass is 10.1. The van der Waals surface area contributed by atoms with Gasteiger partial charge in [0.05, 0.1) is 23.4 Å². The molecule has 16 heteroatoms. The van der Waals surface area contributed by atoms with Crippen molar-refractivity contribution in [3.8, 4) is 17.0 Å². The molecule has 4 atom stereocenters. The molecule has 0 saturated carbocycles. The number of aryl methyl sites for hydroxylation is 1. The fraction of sp³-hybridized carbons (Fsp3) is 0.400. The highest BCUT2D eigenvalue weighted by Crippen LogP contribution is 2.33. The Morgan fingerprint density at radius 3 is 2.33 bits per heavy atom. The van der Waals surface area contributed by atoms with E-state index in [1.807, 2.05) is 31.2 Å². The number of phenols is 1. The molecule has 2 aromatic carbocycles. The van der Waals surface area contributed by atoms with Gasteiger partial charge >= 0.3 is 10.3 Å². The van der Waals surface area contributed by atoms with E-state index in [1.165, 1.54) is 48.6 Å². The van der Waals surface area contributed by atoms with E-state index in [9.17, 15) is 28.5 Å². The smallest absolute Gasteiger partial charge is 0.362 e. The minimum absolute atomic E-state index is 0.0912. The maximum atomic E-state index is 12.3. The lowest BCUT2D eigenvalue weighted by molar-refractivity contribution is -0.0533. The molecule has 1 aliphatic rings. The molecule has 1 fully saturated rings. The summed E-state index contributed by atoms with van der Waals surface area (Å²) in [4.78, 5) is 19.0. The second-order valence-electron chi connectivity index (χ2n) is 10.5. The Kier molecular flexibility index (Phi) is 11.3. The van der Waals surface area contributed by atoms with Gasteiger partial charge in [0.25, 0.3) is 5.91 Å². The molecule has 248 valence electrons. The Morgan fingerprint density at radius 2 is 1.72 bits per heavy atom. The average molecular weight is 658 g/mol. The highest BCUT2D eigenvalue weighted by atomic mass is 32.2. The van der Waals surface area contributed by atoms with Gasteiger partial charge in [-0.1, -0.05) is 67.9 Å². The molecule has 0 bridgehead atoms. The van der Waals surface area contributed by atoms with Crippen molar-refractivity contribution in [2.45, 2.75) is 52.2 Å². The van der Waals surface area contributed by atoms with Crippen molar-refractivity contribution < 1.29 is 37.5 Å². The summed E-state index contributed by atoms with van der Waals surface area (Å²) in [5.74, 6) is -1.45. The fourth-order valence-corrected chi connectivity index (χ4v) is 5.49. The van der Waals surface area contributed by atoms with Gasteiger partial charge in [0.15, 0.2) is 17.6 Å². The number of nitrogens with one attached hydrogen (secondary N) is 1. The van der Waals surface area contributed by atoms with Gasteiger partial charge in [-0.15, -0.1) is 5.10 Å². The number of aliphatic hydroxyl groups excluding tert-OH is 2. The van der Waals surface area contributed by atoms with Crippen LogP contribution in [0.25, 0.3) is 22.3 Å². The van der Waals surface area contributed by atoms with Crippen LogP contribution in [0.4, 0.5) is 5.82 Å². The van der Waals surface area contributed by atoms with Crippen molar-refractivity contribution in [2.75, 3.05) is 32.0 Å². The SMILES string of the molecule is CCN(CC)CC.Cc1ccc(-c2cc3c(nnn3[C@@H]3O[C@H](COS(=O)(=O)NC(=O)c4ccccc4O)[C@@H](O)[C@H]3O)c(N)n2)cc1. The first kappa shape index (κ1) is 34.7. The number of phenolic OH excluding ortho intramolecular Hbond substituents is 1. The van der Waals surface area contributed by atoms with E-state index in [0.717, 1.165) is 11.1 Å². The number of anilines is 1. The highest BCUT2D eigenvalue weighted by Gasteiger charge is 2.45. The Morgan fingerprint density at radius 1 is 1.07 bits per heavy atom. The number of benzene rings is 2. The Hall–Kier alpha value is -4.19. The molecule has 4 aromatic rings. The van der Waals surface area contributed by atoms with Crippen molar-refractivity contribution in [3.05, 3.63) is 65.7 Å². The molecule has 0 aliphatic carbocycles. The van der Waals surface area contributed by atoms with Gasteiger partial charge < -0.3 is 30.7 Å². The van der Waals surface area contributed by atoms with Crippen molar-refractivity contribution in [1.82, 2.24) is 29.6 Å². The number of nitrogens with two attached hydrogens (primary N) is 1. The number of carbonyl (C=O) groups is 1. The third-order valence-electron chi connectivity index (χ3n) is 7.51. The van der Waals surface area contributed by atoms with E-state index < -0.39 is 53.1 Å². The maximum absolute atomic E-state index is 12.3. The second kappa shape index (κ2) is 14.9. The van der Waals surface area contributed by atoms with Crippen LogP contribution >= 0.6 is 0 Å². The molecular formula is C30H39N7O8S. The van der Waals surface area contributed by atoms with Crippen LogP contribution < -0.4 is 10.5 Å². The van der Waals surface area contributed by atoms with E-state index >= 15 is 0 Å².